The molecule has 0 amide bonds. The Kier molecular flexibility index (Phi) is 4.55. The largest absolute Gasteiger partial charge is 0.390 e. The molecule has 0 bridgehead atoms. The number of halogens is 4. The van der Waals surface area contributed by atoms with Gasteiger partial charge in [0.25, 0.3) is 0 Å². The second-order valence-corrected chi connectivity index (χ2v) is 4.40. The van der Waals surface area contributed by atoms with Gasteiger partial charge in [-0.3, -0.25) is 0 Å². The minimum atomic E-state index is -4.14. The van der Waals surface area contributed by atoms with Crippen LogP contribution in [0, 0.1) is 5.92 Å². The number of hydrogen-bond donors (Lipinski definition) is 1. The molecule has 1 fully saturated rings. The number of ether oxygens (including phenoxy) is 1. The third kappa shape index (κ3) is 3.59. The van der Waals surface area contributed by atoms with E-state index in [4.69, 9.17) is 4.74 Å². The first-order valence-corrected chi connectivity index (χ1v) is 5.28. The summed E-state index contributed by atoms with van der Waals surface area (Å²) in [5.41, 5.74) is 0. The van der Waals surface area contributed by atoms with Crippen molar-refractivity contribution in [2.45, 2.75) is 50.7 Å². The van der Waals surface area contributed by atoms with Crippen molar-refractivity contribution in [2.24, 2.45) is 5.92 Å². The minimum Gasteiger partial charge on any atom is -0.390 e. The van der Waals surface area contributed by atoms with E-state index in [1.165, 1.54) is 0 Å². The van der Waals surface area contributed by atoms with Crippen LogP contribution in [0.1, 0.15) is 26.2 Å². The summed E-state index contributed by atoms with van der Waals surface area (Å²) in [7, 11) is 0. The molecule has 1 N–H and O–H groups in total. The first kappa shape index (κ1) is 13.7. The molecule has 0 aromatic carbocycles. The van der Waals surface area contributed by atoms with Gasteiger partial charge < -0.3 is 9.84 Å². The molecule has 3 atom stereocenters. The summed E-state index contributed by atoms with van der Waals surface area (Å²) in [6, 6.07) is 0. The van der Waals surface area contributed by atoms with Crippen LogP contribution >= 0.6 is 0 Å². The van der Waals surface area contributed by atoms with Crippen LogP contribution < -0.4 is 0 Å². The SMILES string of the molecule is CC1CCC(O)C(OCC(F)(F)C(F)F)C1. The molecular formula is C10H16F4O2. The molecule has 1 rings (SSSR count). The predicted molar refractivity (Wildman–Crippen MR) is 49.7 cm³/mol. The van der Waals surface area contributed by atoms with Crippen LogP contribution in [0.15, 0.2) is 0 Å². The van der Waals surface area contributed by atoms with Gasteiger partial charge in [0.1, 0.15) is 6.61 Å². The van der Waals surface area contributed by atoms with E-state index in [2.05, 4.69) is 0 Å². The Balaban J connectivity index is 2.41. The highest BCUT2D eigenvalue weighted by atomic mass is 19.3. The summed E-state index contributed by atoms with van der Waals surface area (Å²) in [5, 5.41) is 9.46. The molecule has 0 radical (unpaired) electrons. The maximum absolute atomic E-state index is 12.6. The van der Waals surface area contributed by atoms with Gasteiger partial charge in [-0.05, 0) is 25.2 Å². The molecular weight excluding hydrogens is 228 g/mol. The Bertz CT molecular complexity index is 223. The van der Waals surface area contributed by atoms with Gasteiger partial charge in [-0.2, -0.15) is 8.78 Å². The second kappa shape index (κ2) is 5.31. The molecule has 0 spiro atoms. The molecule has 0 heterocycles. The highest BCUT2D eigenvalue weighted by Crippen LogP contribution is 2.29. The maximum Gasteiger partial charge on any atom is 0.330 e. The van der Waals surface area contributed by atoms with Crippen molar-refractivity contribution in [1.29, 1.82) is 0 Å². The zero-order valence-electron chi connectivity index (χ0n) is 9.01. The monoisotopic (exact) mass is 244 g/mol. The standard InChI is InChI=1S/C10H16F4O2/c1-6-2-3-7(15)8(4-6)16-5-10(13,14)9(11)12/h6-9,15H,2-5H2,1H3. The quantitative estimate of drug-likeness (QED) is 0.770. The molecule has 96 valence electrons. The van der Waals surface area contributed by atoms with Crippen molar-refractivity contribution in [3.8, 4) is 0 Å². The van der Waals surface area contributed by atoms with Gasteiger partial charge in [0.15, 0.2) is 0 Å². The average molecular weight is 244 g/mol. The molecule has 0 aliphatic heterocycles. The fourth-order valence-corrected chi connectivity index (χ4v) is 1.77. The summed E-state index contributed by atoms with van der Waals surface area (Å²) < 4.78 is 53.5. The molecule has 0 aromatic heterocycles. The van der Waals surface area contributed by atoms with Crippen molar-refractivity contribution in [3.63, 3.8) is 0 Å². The number of rotatable bonds is 4. The first-order valence-electron chi connectivity index (χ1n) is 5.28. The molecule has 2 nitrogen and oxygen atoms in total. The Morgan fingerprint density at radius 1 is 1.38 bits per heavy atom. The van der Waals surface area contributed by atoms with Crippen LogP contribution in [-0.4, -0.2) is 36.3 Å². The van der Waals surface area contributed by atoms with Crippen molar-refractivity contribution in [1.82, 2.24) is 0 Å². The summed E-state index contributed by atoms with van der Waals surface area (Å²) in [6.07, 6.45) is -3.62. The van der Waals surface area contributed by atoms with Crippen LogP contribution in [0.3, 0.4) is 0 Å². The molecule has 3 unspecified atom stereocenters. The summed E-state index contributed by atoms with van der Waals surface area (Å²) >= 11 is 0. The molecule has 0 saturated heterocycles. The van der Waals surface area contributed by atoms with E-state index in [9.17, 15) is 22.7 Å². The van der Waals surface area contributed by atoms with Crippen LogP contribution in [0.25, 0.3) is 0 Å². The lowest BCUT2D eigenvalue weighted by molar-refractivity contribution is -0.191. The van der Waals surface area contributed by atoms with Gasteiger partial charge >= 0.3 is 12.3 Å². The van der Waals surface area contributed by atoms with Gasteiger partial charge in [-0.1, -0.05) is 6.92 Å². The molecule has 0 aromatic rings. The van der Waals surface area contributed by atoms with Crippen LogP contribution in [0.4, 0.5) is 17.6 Å². The van der Waals surface area contributed by atoms with Crippen molar-refractivity contribution in [2.75, 3.05) is 6.61 Å². The Morgan fingerprint density at radius 2 is 2.00 bits per heavy atom. The molecule has 6 heteroatoms. The number of aliphatic hydroxyl groups is 1. The predicted octanol–water partition coefficient (Wildman–Crippen LogP) is 2.45. The average Bonchev–Trinajstić information content (AvgIpc) is 2.19. The number of alkyl halides is 4. The Labute approximate surface area is 91.6 Å². The minimum absolute atomic E-state index is 0.258. The van der Waals surface area contributed by atoms with Crippen molar-refractivity contribution >= 4 is 0 Å². The molecule has 1 saturated carbocycles. The van der Waals surface area contributed by atoms with Crippen LogP contribution in [-0.2, 0) is 4.74 Å². The third-order valence-corrected chi connectivity index (χ3v) is 2.83. The van der Waals surface area contributed by atoms with Crippen molar-refractivity contribution in [3.05, 3.63) is 0 Å². The fourth-order valence-electron chi connectivity index (χ4n) is 1.77. The molecule has 16 heavy (non-hydrogen) atoms. The highest BCUT2D eigenvalue weighted by Gasteiger charge is 2.42. The van der Waals surface area contributed by atoms with E-state index < -0.39 is 31.2 Å². The van der Waals surface area contributed by atoms with E-state index in [0.717, 1.165) is 6.42 Å². The summed E-state index contributed by atoms with van der Waals surface area (Å²) in [5.74, 6) is -3.88. The lowest BCUT2D eigenvalue weighted by Gasteiger charge is -2.32. The van der Waals surface area contributed by atoms with E-state index in [0.29, 0.717) is 12.8 Å². The zero-order valence-corrected chi connectivity index (χ0v) is 9.01. The highest BCUT2D eigenvalue weighted by molar-refractivity contribution is 4.80. The zero-order chi connectivity index (χ0) is 12.3. The first-order chi connectivity index (χ1) is 7.33. The molecule has 1 aliphatic carbocycles. The van der Waals surface area contributed by atoms with E-state index in [1.807, 2.05) is 6.92 Å². The van der Waals surface area contributed by atoms with E-state index in [-0.39, 0.29) is 5.92 Å². The molecule has 1 aliphatic rings. The third-order valence-electron chi connectivity index (χ3n) is 2.83. The van der Waals surface area contributed by atoms with Gasteiger partial charge in [0.05, 0.1) is 12.2 Å². The summed E-state index contributed by atoms with van der Waals surface area (Å²) in [6.45, 7) is 0.576. The van der Waals surface area contributed by atoms with Gasteiger partial charge in [-0.15, -0.1) is 0 Å². The van der Waals surface area contributed by atoms with Crippen LogP contribution in [0.2, 0.25) is 0 Å². The normalized spacial score (nSPS) is 32.1. The van der Waals surface area contributed by atoms with Gasteiger partial charge in [0, 0.05) is 0 Å². The van der Waals surface area contributed by atoms with Crippen molar-refractivity contribution < 1.29 is 27.4 Å². The lowest BCUT2D eigenvalue weighted by atomic mass is 9.86. The smallest absolute Gasteiger partial charge is 0.330 e. The van der Waals surface area contributed by atoms with Gasteiger partial charge in [-0.25, -0.2) is 8.78 Å². The Hall–Kier alpha value is -0.360. The number of hydrogen-bond acceptors (Lipinski definition) is 2. The maximum atomic E-state index is 12.6. The fraction of sp³-hybridized carbons (Fsp3) is 1.00. The summed E-state index contributed by atoms with van der Waals surface area (Å²) in [4.78, 5) is 0. The second-order valence-electron chi connectivity index (χ2n) is 4.40. The Morgan fingerprint density at radius 3 is 2.56 bits per heavy atom. The van der Waals surface area contributed by atoms with Gasteiger partial charge in [0.2, 0.25) is 0 Å². The topological polar surface area (TPSA) is 29.5 Å². The van der Waals surface area contributed by atoms with E-state index in [1.54, 1.807) is 0 Å². The number of aliphatic hydroxyl groups excluding tert-OH is 1. The van der Waals surface area contributed by atoms with E-state index >= 15 is 0 Å². The lowest BCUT2D eigenvalue weighted by Crippen LogP contribution is -2.40. The van der Waals surface area contributed by atoms with Crippen LogP contribution in [0.5, 0.6) is 0 Å².